The highest BCUT2D eigenvalue weighted by molar-refractivity contribution is 5.50. The van der Waals surface area contributed by atoms with Crippen molar-refractivity contribution in [2.75, 3.05) is 11.9 Å². The summed E-state index contributed by atoms with van der Waals surface area (Å²) in [5.74, 6) is 0. The Morgan fingerprint density at radius 3 is 2.63 bits per heavy atom. The van der Waals surface area contributed by atoms with E-state index in [0.717, 1.165) is 23.6 Å². The molecule has 19 heavy (non-hydrogen) atoms. The normalized spacial score (nSPS) is 11.6. The van der Waals surface area contributed by atoms with Gasteiger partial charge in [0.1, 0.15) is 0 Å². The number of nitrogens with one attached hydrogen (secondary N) is 1. The van der Waals surface area contributed by atoms with Crippen molar-refractivity contribution < 1.29 is 13.2 Å². The van der Waals surface area contributed by atoms with E-state index in [-0.39, 0.29) is 0 Å². The van der Waals surface area contributed by atoms with Crippen LogP contribution in [-0.2, 0) is 12.7 Å². The number of aromatic nitrogens is 2. The van der Waals surface area contributed by atoms with Crippen molar-refractivity contribution in [3.05, 3.63) is 47.8 Å². The first kappa shape index (κ1) is 13.5. The van der Waals surface area contributed by atoms with Crippen molar-refractivity contribution in [1.29, 1.82) is 0 Å². The number of halogens is 3. The zero-order valence-electron chi connectivity index (χ0n) is 10.4. The third-order valence-corrected chi connectivity index (χ3v) is 2.76. The molecule has 1 N–H and O–H groups in total. The van der Waals surface area contributed by atoms with Crippen LogP contribution in [0.15, 0.2) is 36.7 Å². The summed E-state index contributed by atoms with van der Waals surface area (Å²) in [6.45, 7) is 2.87. The monoisotopic (exact) mass is 269 g/mol. The summed E-state index contributed by atoms with van der Waals surface area (Å²) >= 11 is 0. The van der Waals surface area contributed by atoms with Crippen LogP contribution < -0.4 is 5.32 Å². The summed E-state index contributed by atoms with van der Waals surface area (Å²) in [6, 6.07) is 7.74. The number of nitrogens with zero attached hydrogens (tertiary/aromatic N) is 2. The quantitative estimate of drug-likeness (QED) is 0.922. The Bertz CT molecular complexity index is 546. The molecule has 0 spiro atoms. The first-order valence-corrected chi connectivity index (χ1v) is 5.86. The molecule has 1 aromatic carbocycles. The van der Waals surface area contributed by atoms with Gasteiger partial charge in [-0.25, -0.2) is 0 Å². The van der Waals surface area contributed by atoms with Crippen molar-refractivity contribution in [3.63, 3.8) is 0 Å². The van der Waals surface area contributed by atoms with Gasteiger partial charge in [0.25, 0.3) is 0 Å². The molecule has 2 rings (SSSR count). The molecule has 102 valence electrons. The molecule has 3 nitrogen and oxygen atoms in total. The van der Waals surface area contributed by atoms with Crippen molar-refractivity contribution in [2.45, 2.75) is 19.6 Å². The molecular formula is C13H14F3N3. The van der Waals surface area contributed by atoms with Gasteiger partial charge in [-0.2, -0.15) is 18.3 Å². The van der Waals surface area contributed by atoms with Crippen LogP contribution >= 0.6 is 0 Å². The predicted molar refractivity (Wildman–Crippen MR) is 66.9 cm³/mol. The van der Waals surface area contributed by atoms with Crippen molar-refractivity contribution in [2.24, 2.45) is 0 Å². The molecule has 0 unspecified atom stereocenters. The molecular weight excluding hydrogens is 255 g/mol. The third-order valence-electron chi connectivity index (χ3n) is 2.76. The van der Waals surface area contributed by atoms with Crippen LogP contribution in [0, 0.1) is 6.92 Å². The molecule has 1 heterocycles. The number of alkyl halides is 3. The molecule has 0 saturated carbocycles. The molecule has 0 saturated heterocycles. The van der Waals surface area contributed by atoms with Gasteiger partial charge in [0.05, 0.1) is 18.3 Å². The lowest BCUT2D eigenvalue weighted by atomic mass is 10.2. The van der Waals surface area contributed by atoms with E-state index in [1.165, 1.54) is 4.68 Å². The molecule has 2 aromatic rings. The minimum absolute atomic E-state index is 0.379. The Kier molecular flexibility index (Phi) is 3.78. The molecule has 6 heteroatoms. The number of aryl methyl sites for hydroxylation is 1. The third kappa shape index (κ3) is 3.49. The summed E-state index contributed by atoms with van der Waals surface area (Å²) in [4.78, 5) is 0. The molecule has 0 aliphatic heterocycles. The molecule has 0 amide bonds. The largest absolute Gasteiger partial charge is 0.419 e. The standard InChI is InChI=1S/C13H14F3N3/c1-10-4-2-3-5-12(10)17-6-7-19-9-11(8-18-19)13(14,15)16/h2-5,8-9,17H,6-7H2,1H3. The Morgan fingerprint density at radius 2 is 2.00 bits per heavy atom. The minimum atomic E-state index is -4.33. The van der Waals surface area contributed by atoms with E-state index in [0.29, 0.717) is 13.1 Å². The van der Waals surface area contributed by atoms with Crippen molar-refractivity contribution in [1.82, 2.24) is 9.78 Å². The highest BCUT2D eigenvalue weighted by atomic mass is 19.4. The molecule has 0 fully saturated rings. The number of para-hydroxylation sites is 1. The van der Waals surface area contributed by atoms with Crippen LogP contribution in [0.4, 0.5) is 18.9 Å². The highest BCUT2D eigenvalue weighted by Gasteiger charge is 2.32. The highest BCUT2D eigenvalue weighted by Crippen LogP contribution is 2.28. The maximum absolute atomic E-state index is 12.4. The van der Waals surface area contributed by atoms with Gasteiger partial charge in [-0.1, -0.05) is 18.2 Å². The Hall–Kier alpha value is -1.98. The van der Waals surface area contributed by atoms with E-state index in [1.807, 2.05) is 31.2 Å². The Morgan fingerprint density at radius 1 is 1.26 bits per heavy atom. The average Bonchev–Trinajstić information content (AvgIpc) is 2.80. The van der Waals surface area contributed by atoms with Crippen LogP contribution in [-0.4, -0.2) is 16.3 Å². The summed E-state index contributed by atoms with van der Waals surface area (Å²) in [7, 11) is 0. The van der Waals surface area contributed by atoms with Gasteiger partial charge in [-0.05, 0) is 18.6 Å². The number of rotatable bonds is 4. The second-order valence-electron chi connectivity index (χ2n) is 4.23. The SMILES string of the molecule is Cc1ccccc1NCCn1cc(C(F)(F)F)cn1. The summed E-state index contributed by atoms with van der Waals surface area (Å²) in [6.07, 6.45) is -2.48. The fraction of sp³-hybridized carbons (Fsp3) is 0.308. The maximum Gasteiger partial charge on any atom is 0.419 e. The van der Waals surface area contributed by atoms with Gasteiger partial charge in [-0.15, -0.1) is 0 Å². The maximum atomic E-state index is 12.4. The fourth-order valence-electron chi connectivity index (χ4n) is 1.71. The minimum Gasteiger partial charge on any atom is -0.383 e. The van der Waals surface area contributed by atoms with Gasteiger partial charge < -0.3 is 5.32 Å². The zero-order chi connectivity index (χ0) is 13.9. The lowest BCUT2D eigenvalue weighted by molar-refractivity contribution is -0.137. The van der Waals surface area contributed by atoms with E-state index in [1.54, 1.807) is 0 Å². The predicted octanol–water partition coefficient (Wildman–Crippen LogP) is 3.32. The summed E-state index contributed by atoms with van der Waals surface area (Å²) < 4.78 is 38.4. The molecule has 1 aromatic heterocycles. The summed E-state index contributed by atoms with van der Waals surface area (Å²) in [5, 5.41) is 6.86. The lowest BCUT2D eigenvalue weighted by Crippen LogP contribution is -2.11. The van der Waals surface area contributed by atoms with Gasteiger partial charge >= 0.3 is 6.18 Å². The van der Waals surface area contributed by atoms with Crippen LogP contribution in [0.3, 0.4) is 0 Å². The molecule has 0 radical (unpaired) electrons. The first-order valence-electron chi connectivity index (χ1n) is 5.86. The lowest BCUT2D eigenvalue weighted by Gasteiger charge is -2.09. The molecule has 0 bridgehead atoms. The zero-order valence-corrected chi connectivity index (χ0v) is 10.4. The van der Waals surface area contributed by atoms with E-state index in [2.05, 4.69) is 10.4 Å². The van der Waals surface area contributed by atoms with Crippen LogP contribution in [0.25, 0.3) is 0 Å². The van der Waals surface area contributed by atoms with Crippen molar-refractivity contribution in [3.8, 4) is 0 Å². The van der Waals surface area contributed by atoms with E-state index in [4.69, 9.17) is 0 Å². The Balaban J connectivity index is 1.90. The van der Waals surface area contributed by atoms with Gasteiger partial charge in [0.15, 0.2) is 0 Å². The van der Waals surface area contributed by atoms with E-state index < -0.39 is 11.7 Å². The number of hydrogen-bond acceptors (Lipinski definition) is 2. The van der Waals surface area contributed by atoms with Crippen LogP contribution in [0.5, 0.6) is 0 Å². The van der Waals surface area contributed by atoms with E-state index >= 15 is 0 Å². The Labute approximate surface area is 109 Å². The first-order chi connectivity index (χ1) is 8.97. The van der Waals surface area contributed by atoms with Gasteiger partial charge in [-0.3, -0.25) is 4.68 Å². The van der Waals surface area contributed by atoms with E-state index in [9.17, 15) is 13.2 Å². The smallest absolute Gasteiger partial charge is 0.383 e. The van der Waals surface area contributed by atoms with Gasteiger partial charge in [0, 0.05) is 18.4 Å². The molecule has 0 aliphatic rings. The van der Waals surface area contributed by atoms with Gasteiger partial charge in [0.2, 0.25) is 0 Å². The molecule has 0 atom stereocenters. The second-order valence-corrected chi connectivity index (χ2v) is 4.23. The number of anilines is 1. The topological polar surface area (TPSA) is 29.9 Å². The van der Waals surface area contributed by atoms with Crippen LogP contribution in [0.2, 0.25) is 0 Å². The van der Waals surface area contributed by atoms with Crippen LogP contribution in [0.1, 0.15) is 11.1 Å². The fourth-order valence-corrected chi connectivity index (χ4v) is 1.71. The molecule has 0 aliphatic carbocycles. The summed E-state index contributed by atoms with van der Waals surface area (Å²) in [5.41, 5.74) is 1.35. The second kappa shape index (κ2) is 5.34. The number of benzene rings is 1. The average molecular weight is 269 g/mol. The number of hydrogen-bond donors (Lipinski definition) is 1. The van der Waals surface area contributed by atoms with Crippen molar-refractivity contribution >= 4 is 5.69 Å².